The molecule has 5 aliphatic carbocycles. The minimum atomic E-state index is 0.0467. The van der Waals surface area contributed by atoms with Crippen LogP contribution >= 0.6 is 0 Å². The van der Waals surface area contributed by atoms with Crippen LogP contribution in [0.25, 0.3) is 10.9 Å². The lowest BCUT2D eigenvalue weighted by Gasteiger charge is -2.59. The standard InChI is InChI=1S/C26H33N3O2/c1-16(26-13-17-10-18(14-26)12-19(11-17)15-26)27-24(30)9-8-23-28-22-5-3-2-4-21(22)25(31)29(23)20-6-7-20/h2-5,16-20H,6-15H2,1H3,(H,27,30). The molecule has 1 amide bonds. The van der Waals surface area contributed by atoms with Gasteiger partial charge in [0.05, 0.1) is 10.9 Å². The third-order valence-electron chi connectivity index (χ3n) is 8.75. The Labute approximate surface area is 183 Å². The number of nitrogens with one attached hydrogen (secondary N) is 1. The number of aromatic nitrogens is 2. The fourth-order valence-corrected chi connectivity index (χ4v) is 7.48. The maximum absolute atomic E-state index is 13.0. The lowest BCUT2D eigenvalue weighted by Crippen LogP contribution is -2.55. The van der Waals surface area contributed by atoms with Gasteiger partial charge >= 0.3 is 0 Å². The number of hydrogen-bond acceptors (Lipinski definition) is 3. The Bertz CT molecular complexity index is 1050. The van der Waals surface area contributed by atoms with Crippen molar-refractivity contribution in [2.75, 3.05) is 0 Å². The third kappa shape index (κ3) is 3.41. The number of para-hydroxylation sites is 1. The Balaban J connectivity index is 1.17. The van der Waals surface area contributed by atoms with Crippen molar-refractivity contribution in [2.45, 2.75) is 83.2 Å². The van der Waals surface area contributed by atoms with Gasteiger partial charge in [0.2, 0.25) is 5.91 Å². The quantitative estimate of drug-likeness (QED) is 0.755. The van der Waals surface area contributed by atoms with Crippen molar-refractivity contribution < 1.29 is 4.79 Å². The molecule has 4 bridgehead atoms. The van der Waals surface area contributed by atoms with Gasteiger partial charge in [0, 0.05) is 24.9 Å². The van der Waals surface area contributed by atoms with Crippen molar-refractivity contribution in [3.8, 4) is 0 Å². The van der Waals surface area contributed by atoms with E-state index in [0.717, 1.165) is 41.9 Å². The molecule has 7 rings (SSSR count). The van der Waals surface area contributed by atoms with Gasteiger partial charge < -0.3 is 5.32 Å². The maximum Gasteiger partial charge on any atom is 0.261 e. The number of rotatable bonds is 6. The van der Waals surface area contributed by atoms with Gasteiger partial charge in [0.15, 0.2) is 0 Å². The van der Waals surface area contributed by atoms with Crippen LogP contribution in [0.2, 0.25) is 0 Å². The minimum absolute atomic E-state index is 0.0467. The minimum Gasteiger partial charge on any atom is -0.353 e. The van der Waals surface area contributed by atoms with Crippen LogP contribution in [0, 0.1) is 23.2 Å². The number of hydrogen-bond donors (Lipinski definition) is 1. The molecular formula is C26H33N3O2. The average Bonchev–Trinajstić information content (AvgIpc) is 3.56. The molecule has 5 saturated carbocycles. The maximum atomic E-state index is 13.0. The van der Waals surface area contributed by atoms with Crippen molar-refractivity contribution in [1.82, 2.24) is 14.9 Å². The van der Waals surface area contributed by atoms with E-state index >= 15 is 0 Å². The second-order valence-corrected chi connectivity index (χ2v) is 11.0. The summed E-state index contributed by atoms with van der Waals surface area (Å²) < 4.78 is 1.86. The predicted octanol–water partition coefficient (Wildman–Crippen LogP) is 4.39. The zero-order valence-corrected chi connectivity index (χ0v) is 18.5. The van der Waals surface area contributed by atoms with Gasteiger partial charge in [0.1, 0.15) is 5.82 Å². The van der Waals surface area contributed by atoms with Gasteiger partial charge in [-0.2, -0.15) is 0 Å². The number of amides is 1. The SMILES string of the molecule is CC(NC(=O)CCc1nc2ccccc2c(=O)n1C1CC1)C12CC3CC(CC(C3)C1)C2. The molecule has 1 aromatic heterocycles. The summed E-state index contributed by atoms with van der Waals surface area (Å²) in [5.74, 6) is 3.54. The molecule has 164 valence electrons. The van der Waals surface area contributed by atoms with Crippen LogP contribution in [0.1, 0.15) is 76.6 Å². The van der Waals surface area contributed by atoms with Crippen molar-refractivity contribution in [2.24, 2.45) is 23.2 Å². The summed E-state index contributed by atoms with van der Waals surface area (Å²) in [4.78, 5) is 30.8. The van der Waals surface area contributed by atoms with Crippen LogP contribution in [-0.2, 0) is 11.2 Å². The molecule has 31 heavy (non-hydrogen) atoms. The van der Waals surface area contributed by atoms with Crippen LogP contribution < -0.4 is 10.9 Å². The predicted molar refractivity (Wildman–Crippen MR) is 121 cm³/mol. The molecule has 1 N–H and O–H groups in total. The van der Waals surface area contributed by atoms with E-state index in [1.165, 1.54) is 38.5 Å². The summed E-state index contributed by atoms with van der Waals surface area (Å²) in [6.07, 6.45) is 11.1. The molecule has 0 aliphatic heterocycles. The van der Waals surface area contributed by atoms with Crippen LogP contribution in [0.5, 0.6) is 0 Å². The number of nitrogens with zero attached hydrogens (tertiary/aromatic N) is 2. The van der Waals surface area contributed by atoms with Gasteiger partial charge in [0.25, 0.3) is 5.56 Å². The first-order valence-electron chi connectivity index (χ1n) is 12.3. The van der Waals surface area contributed by atoms with E-state index in [4.69, 9.17) is 4.98 Å². The van der Waals surface area contributed by atoms with Gasteiger partial charge in [-0.1, -0.05) is 12.1 Å². The summed E-state index contributed by atoms with van der Waals surface area (Å²) in [5.41, 5.74) is 1.11. The lowest BCUT2D eigenvalue weighted by molar-refractivity contribution is -0.125. The van der Waals surface area contributed by atoms with E-state index in [1.54, 1.807) is 0 Å². The molecule has 1 aromatic carbocycles. The van der Waals surface area contributed by atoms with E-state index in [9.17, 15) is 9.59 Å². The summed E-state index contributed by atoms with van der Waals surface area (Å²) in [5, 5.41) is 4.05. The lowest BCUT2D eigenvalue weighted by atomic mass is 9.48. The van der Waals surface area contributed by atoms with E-state index < -0.39 is 0 Å². The highest BCUT2D eigenvalue weighted by Gasteiger charge is 2.53. The Morgan fingerprint density at radius 1 is 1.13 bits per heavy atom. The Kier molecular flexibility index (Phi) is 4.52. The van der Waals surface area contributed by atoms with Crippen LogP contribution in [0.3, 0.4) is 0 Å². The van der Waals surface area contributed by atoms with Crippen LogP contribution in [0.4, 0.5) is 0 Å². The largest absolute Gasteiger partial charge is 0.353 e. The number of aryl methyl sites for hydroxylation is 1. The van der Waals surface area contributed by atoms with Crippen LogP contribution in [-0.4, -0.2) is 21.5 Å². The first kappa shape index (κ1) is 19.5. The highest BCUT2D eigenvalue weighted by molar-refractivity contribution is 5.78. The number of carbonyl (C=O) groups excluding carboxylic acids is 1. The summed E-state index contributed by atoms with van der Waals surface area (Å²) in [6.45, 7) is 2.24. The molecule has 5 nitrogen and oxygen atoms in total. The topological polar surface area (TPSA) is 64.0 Å². The number of carbonyl (C=O) groups is 1. The monoisotopic (exact) mass is 419 g/mol. The molecular weight excluding hydrogens is 386 g/mol. The fourth-order valence-electron chi connectivity index (χ4n) is 7.48. The summed E-state index contributed by atoms with van der Waals surface area (Å²) in [6, 6.07) is 8.05. The van der Waals surface area contributed by atoms with Gasteiger partial charge in [-0.15, -0.1) is 0 Å². The second-order valence-electron chi connectivity index (χ2n) is 11.0. The Morgan fingerprint density at radius 3 is 2.42 bits per heavy atom. The highest BCUT2D eigenvalue weighted by Crippen LogP contribution is 2.61. The smallest absolute Gasteiger partial charge is 0.261 e. The van der Waals surface area contributed by atoms with Gasteiger partial charge in [-0.3, -0.25) is 14.2 Å². The van der Waals surface area contributed by atoms with Crippen molar-refractivity contribution in [3.05, 3.63) is 40.4 Å². The Hall–Kier alpha value is -2.17. The fraction of sp³-hybridized carbons (Fsp3) is 0.654. The van der Waals surface area contributed by atoms with E-state index in [0.29, 0.717) is 23.6 Å². The molecule has 5 fully saturated rings. The first-order chi connectivity index (χ1) is 15.0. The number of fused-ring (bicyclic) bond motifs is 1. The van der Waals surface area contributed by atoms with E-state index in [1.807, 2.05) is 28.8 Å². The van der Waals surface area contributed by atoms with Crippen molar-refractivity contribution >= 4 is 16.8 Å². The first-order valence-corrected chi connectivity index (χ1v) is 12.3. The average molecular weight is 420 g/mol. The molecule has 2 aromatic rings. The zero-order valence-electron chi connectivity index (χ0n) is 18.5. The molecule has 0 saturated heterocycles. The van der Waals surface area contributed by atoms with Crippen LogP contribution in [0.15, 0.2) is 29.1 Å². The molecule has 0 spiro atoms. The normalized spacial score (nSPS) is 32.4. The van der Waals surface area contributed by atoms with E-state index in [-0.39, 0.29) is 23.6 Å². The van der Waals surface area contributed by atoms with E-state index in [2.05, 4.69) is 12.2 Å². The summed E-state index contributed by atoms with van der Waals surface area (Å²) in [7, 11) is 0. The van der Waals surface area contributed by atoms with Crippen molar-refractivity contribution in [1.29, 1.82) is 0 Å². The second kappa shape index (κ2) is 7.18. The summed E-state index contributed by atoms with van der Waals surface area (Å²) >= 11 is 0. The molecule has 1 atom stereocenters. The Morgan fingerprint density at radius 2 is 1.77 bits per heavy atom. The van der Waals surface area contributed by atoms with Crippen molar-refractivity contribution in [3.63, 3.8) is 0 Å². The zero-order chi connectivity index (χ0) is 21.2. The third-order valence-corrected chi connectivity index (χ3v) is 8.75. The van der Waals surface area contributed by atoms with Gasteiger partial charge in [-0.05, 0) is 93.6 Å². The molecule has 5 heteroatoms. The highest BCUT2D eigenvalue weighted by atomic mass is 16.1. The molecule has 1 unspecified atom stereocenters. The molecule has 0 radical (unpaired) electrons. The van der Waals surface area contributed by atoms with Gasteiger partial charge in [-0.25, -0.2) is 4.98 Å². The number of benzene rings is 1. The molecule has 1 heterocycles. The molecule has 5 aliphatic rings.